The van der Waals surface area contributed by atoms with Crippen LogP contribution in [-0.4, -0.2) is 36.6 Å². The zero-order chi connectivity index (χ0) is 24.2. The van der Waals surface area contributed by atoms with Gasteiger partial charge in [-0.15, -0.1) is 0 Å². The van der Waals surface area contributed by atoms with Crippen LogP contribution in [0.15, 0.2) is 54.9 Å². The van der Waals surface area contributed by atoms with Crippen molar-refractivity contribution in [2.45, 2.75) is 38.8 Å². The number of benzene rings is 1. The lowest BCUT2D eigenvalue weighted by molar-refractivity contribution is 0.137. The fourth-order valence-electron chi connectivity index (χ4n) is 4.54. The number of nitriles is 1. The monoisotopic (exact) mass is 484 g/mol. The van der Waals surface area contributed by atoms with Gasteiger partial charge in [0.25, 0.3) is 0 Å². The molecule has 3 aromatic heterocycles. The van der Waals surface area contributed by atoms with Crippen molar-refractivity contribution in [1.29, 1.82) is 5.26 Å². The van der Waals surface area contributed by atoms with Gasteiger partial charge in [-0.1, -0.05) is 30.2 Å². The Morgan fingerprint density at radius 3 is 2.77 bits per heavy atom. The van der Waals surface area contributed by atoms with E-state index in [0.717, 1.165) is 66.4 Å². The molecule has 1 saturated heterocycles. The quantitative estimate of drug-likeness (QED) is 0.368. The van der Waals surface area contributed by atoms with Gasteiger partial charge in [-0.25, -0.2) is 15.0 Å². The molecule has 5 rings (SSSR count). The molecule has 1 fully saturated rings. The Kier molecular flexibility index (Phi) is 6.70. The first-order valence-electron chi connectivity index (χ1n) is 11.6. The van der Waals surface area contributed by atoms with Crippen LogP contribution in [0.3, 0.4) is 0 Å². The van der Waals surface area contributed by atoms with Crippen LogP contribution in [0.5, 0.6) is 0 Å². The highest BCUT2D eigenvalue weighted by Gasteiger charge is 2.27. The number of nitrogens with one attached hydrogen (secondary N) is 2. The molecule has 1 aliphatic heterocycles. The summed E-state index contributed by atoms with van der Waals surface area (Å²) in [6, 6.07) is 15.6. The molecule has 0 spiro atoms. The van der Waals surface area contributed by atoms with E-state index in [0.29, 0.717) is 16.5 Å². The number of anilines is 2. The number of H-pyrrole nitrogens is 1. The van der Waals surface area contributed by atoms with E-state index in [9.17, 15) is 0 Å². The molecule has 9 heteroatoms. The topological polar surface area (TPSA) is 106 Å². The average Bonchev–Trinajstić information content (AvgIpc) is 3.33. The second-order valence-corrected chi connectivity index (χ2v) is 9.09. The molecule has 4 heterocycles. The van der Waals surface area contributed by atoms with E-state index in [4.69, 9.17) is 21.8 Å². The minimum Gasteiger partial charge on any atom is -0.339 e. The van der Waals surface area contributed by atoms with Crippen LogP contribution in [0.25, 0.3) is 11.3 Å². The van der Waals surface area contributed by atoms with Crippen LogP contribution >= 0.6 is 11.6 Å². The maximum absolute atomic E-state index is 8.98. The Morgan fingerprint density at radius 2 is 2.00 bits per heavy atom. The first kappa shape index (κ1) is 23.0. The Morgan fingerprint density at radius 1 is 1.14 bits per heavy atom. The summed E-state index contributed by atoms with van der Waals surface area (Å²) < 4.78 is 0. The third-order valence-corrected chi connectivity index (χ3v) is 6.44. The number of rotatable bonds is 6. The summed E-state index contributed by atoms with van der Waals surface area (Å²) in [6.07, 6.45) is 6.88. The van der Waals surface area contributed by atoms with Crippen molar-refractivity contribution in [2.75, 3.05) is 11.9 Å². The van der Waals surface area contributed by atoms with Crippen LogP contribution in [0.1, 0.15) is 48.1 Å². The third kappa shape index (κ3) is 5.32. The van der Waals surface area contributed by atoms with E-state index in [1.165, 1.54) is 0 Å². The number of nitrogens with zero attached hydrogens (tertiary/aromatic N) is 6. The number of pyridine rings is 1. The van der Waals surface area contributed by atoms with Gasteiger partial charge in [0.05, 0.1) is 35.5 Å². The van der Waals surface area contributed by atoms with Crippen LogP contribution in [0, 0.1) is 18.3 Å². The van der Waals surface area contributed by atoms with Gasteiger partial charge in [0, 0.05) is 23.2 Å². The second kappa shape index (κ2) is 10.2. The SMILES string of the molecule is Cc1nc(Nc2ccc(C#N)nc2)cc([C@@H]2CCCCN2Cc2cn[nH]c2-c2ccc(Cl)cc2)n1. The lowest BCUT2D eigenvalue weighted by atomic mass is 9.97. The highest BCUT2D eigenvalue weighted by molar-refractivity contribution is 6.30. The molecule has 0 radical (unpaired) electrons. The number of aromatic nitrogens is 5. The number of piperidine rings is 1. The smallest absolute Gasteiger partial charge is 0.140 e. The summed E-state index contributed by atoms with van der Waals surface area (Å²) in [5.74, 6) is 1.43. The normalized spacial score (nSPS) is 16.1. The predicted octanol–water partition coefficient (Wildman–Crippen LogP) is 5.57. The first-order chi connectivity index (χ1) is 17.1. The molecular formula is C26H25ClN8. The van der Waals surface area contributed by atoms with Crippen LogP contribution < -0.4 is 5.32 Å². The van der Waals surface area contributed by atoms with Crippen molar-refractivity contribution in [3.05, 3.63) is 82.7 Å². The largest absolute Gasteiger partial charge is 0.339 e. The maximum atomic E-state index is 8.98. The van der Waals surface area contributed by atoms with Gasteiger partial charge in [0.1, 0.15) is 23.4 Å². The van der Waals surface area contributed by atoms with Crippen molar-refractivity contribution >= 4 is 23.1 Å². The van der Waals surface area contributed by atoms with Crippen LogP contribution in [-0.2, 0) is 6.54 Å². The summed E-state index contributed by atoms with van der Waals surface area (Å²) in [5, 5.41) is 20.5. The van der Waals surface area contributed by atoms with Crippen molar-refractivity contribution in [2.24, 2.45) is 0 Å². The third-order valence-electron chi connectivity index (χ3n) is 6.19. The summed E-state index contributed by atoms with van der Waals surface area (Å²) in [5.41, 5.74) is 5.38. The molecule has 1 aliphatic rings. The number of halogens is 1. The van der Waals surface area contributed by atoms with Gasteiger partial charge in [0.2, 0.25) is 0 Å². The zero-order valence-corrected chi connectivity index (χ0v) is 20.1. The lowest BCUT2D eigenvalue weighted by Gasteiger charge is -2.35. The Hall–Kier alpha value is -3.80. The van der Waals surface area contributed by atoms with Crippen LogP contribution in [0.2, 0.25) is 5.02 Å². The molecule has 0 unspecified atom stereocenters. The van der Waals surface area contributed by atoms with E-state index < -0.39 is 0 Å². The molecule has 0 bridgehead atoms. The van der Waals surface area contributed by atoms with Gasteiger partial charge in [-0.05, 0) is 56.1 Å². The molecular weight excluding hydrogens is 460 g/mol. The van der Waals surface area contributed by atoms with Gasteiger partial charge in [-0.2, -0.15) is 10.4 Å². The number of aromatic amines is 1. The van der Waals surface area contributed by atoms with Gasteiger partial charge >= 0.3 is 0 Å². The van der Waals surface area contributed by atoms with Crippen molar-refractivity contribution in [3.63, 3.8) is 0 Å². The standard InChI is InChI=1S/C26H25ClN8/c1-17-31-23(12-25(32-17)33-22-10-9-21(13-28)29-15-22)24-4-2-3-11-35(24)16-19-14-30-34-26(19)18-5-7-20(27)8-6-18/h5-10,12,14-15,24H,2-4,11,16H2,1H3,(H,30,34)(H,31,32,33)/t24-/m0/s1. The number of hydrogen-bond donors (Lipinski definition) is 2. The van der Waals surface area contributed by atoms with Gasteiger partial charge in [0.15, 0.2) is 0 Å². The minimum absolute atomic E-state index is 0.179. The fourth-order valence-corrected chi connectivity index (χ4v) is 4.66. The zero-order valence-electron chi connectivity index (χ0n) is 19.4. The molecule has 35 heavy (non-hydrogen) atoms. The molecule has 176 valence electrons. The highest BCUT2D eigenvalue weighted by Crippen LogP contribution is 2.34. The molecule has 4 aromatic rings. The Labute approximate surface area is 209 Å². The Balaban J connectivity index is 1.39. The molecule has 1 atom stereocenters. The van der Waals surface area contributed by atoms with Gasteiger partial charge < -0.3 is 5.32 Å². The van der Waals surface area contributed by atoms with E-state index in [1.54, 1.807) is 12.3 Å². The van der Waals surface area contributed by atoms with E-state index in [2.05, 4.69) is 30.4 Å². The van der Waals surface area contributed by atoms with E-state index in [1.807, 2.05) is 55.6 Å². The van der Waals surface area contributed by atoms with E-state index in [-0.39, 0.29) is 6.04 Å². The molecule has 1 aromatic carbocycles. The number of aryl methyl sites for hydroxylation is 1. The number of hydrogen-bond acceptors (Lipinski definition) is 7. The molecule has 8 nitrogen and oxygen atoms in total. The summed E-state index contributed by atoms with van der Waals surface area (Å²) in [7, 11) is 0. The van der Waals surface area contributed by atoms with E-state index >= 15 is 0 Å². The summed E-state index contributed by atoms with van der Waals surface area (Å²) in [4.78, 5) is 16.0. The van der Waals surface area contributed by atoms with Crippen LogP contribution in [0.4, 0.5) is 11.5 Å². The first-order valence-corrected chi connectivity index (χ1v) is 12.0. The fraction of sp³-hybridized carbons (Fsp3) is 0.269. The van der Waals surface area contributed by atoms with Crippen molar-refractivity contribution < 1.29 is 0 Å². The van der Waals surface area contributed by atoms with Crippen molar-refractivity contribution in [3.8, 4) is 17.3 Å². The maximum Gasteiger partial charge on any atom is 0.140 e. The minimum atomic E-state index is 0.179. The lowest BCUT2D eigenvalue weighted by Crippen LogP contribution is -2.33. The number of likely N-dealkylation sites (tertiary alicyclic amines) is 1. The molecule has 0 amide bonds. The van der Waals surface area contributed by atoms with Gasteiger partial charge in [-0.3, -0.25) is 10.00 Å². The predicted molar refractivity (Wildman–Crippen MR) is 135 cm³/mol. The molecule has 2 N–H and O–H groups in total. The molecule has 0 saturated carbocycles. The average molecular weight is 485 g/mol. The Bertz CT molecular complexity index is 1340. The summed E-state index contributed by atoms with van der Waals surface area (Å²) >= 11 is 6.08. The molecule has 0 aliphatic carbocycles. The summed E-state index contributed by atoms with van der Waals surface area (Å²) in [6.45, 7) is 3.67. The second-order valence-electron chi connectivity index (χ2n) is 8.65. The highest BCUT2D eigenvalue weighted by atomic mass is 35.5. The van der Waals surface area contributed by atoms with Crippen molar-refractivity contribution in [1.82, 2.24) is 30.0 Å².